The average molecular weight is 376 g/mol. The maximum Gasteiger partial charge on any atom is 0.201 e. The number of anilines is 2. The van der Waals surface area contributed by atoms with Crippen molar-refractivity contribution in [2.45, 2.75) is 32.9 Å². The number of aryl methyl sites for hydroxylation is 1. The highest BCUT2D eigenvalue weighted by Crippen LogP contribution is 2.23. The third kappa shape index (κ3) is 3.80. The van der Waals surface area contributed by atoms with Crippen LogP contribution in [0.1, 0.15) is 36.7 Å². The van der Waals surface area contributed by atoms with E-state index in [0.29, 0.717) is 13.1 Å². The number of hydrogen-bond donors (Lipinski definition) is 2. The first-order valence-corrected chi connectivity index (χ1v) is 9.35. The molecule has 0 radical (unpaired) electrons. The smallest absolute Gasteiger partial charge is 0.201 e. The zero-order valence-electron chi connectivity index (χ0n) is 16.3. The van der Waals surface area contributed by atoms with Crippen LogP contribution in [-0.2, 0) is 20.1 Å². The van der Waals surface area contributed by atoms with Gasteiger partial charge in [0, 0.05) is 43.9 Å². The Morgan fingerprint density at radius 3 is 2.50 bits per heavy atom. The summed E-state index contributed by atoms with van der Waals surface area (Å²) in [6.07, 6.45) is 3.83. The van der Waals surface area contributed by atoms with E-state index in [1.54, 1.807) is 4.68 Å². The molecule has 0 amide bonds. The quantitative estimate of drug-likeness (QED) is 0.515. The van der Waals surface area contributed by atoms with Gasteiger partial charge in [-0.2, -0.15) is 9.61 Å². The Balaban J connectivity index is 1.63. The first-order valence-electron chi connectivity index (χ1n) is 9.35. The summed E-state index contributed by atoms with van der Waals surface area (Å²) in [4.78, 5) is 0. The predicted octanol–water partition coefficient (Wildman–Crippen LogP) is 3.21. The lowest BCUT2D eigenvalue weighted by Crippen LogP contribution is -2.09. The molecule has 3 heterocycles. The molecule has 4 aromatic rings. The molecule has 0 unspecified atom stereocenters. The highest BCUT2D eigenvalue weighted by Gasteiger charge is 2.15. The minimum Gasteiger partial charge on any atom is -0.378 e. The van der Waals surface area contributed by atoms with Crippen molar-refractivity contribution in [1.29, 1.82) is 0 Å². The van der Waals surface area contributed by atoms with Gasteiger partial charge >= 0.3 is 0 Å². The molecule has 3 aromatic heterocycles. The Morgan fingerprint density at radius 1 is 1.00 bits per heavy atom. The molecule has 2 N–H and O–H groups in total. The molecule has 0 fully saturated rings. The second-order valence-corrected chi connectivity index (χ2v) is 7.11. The Bertz CT molecular complexity index is 1060. The fourth-order valence-corrected chi connectivity index (χ4v) is 3.02. The van der Waals surface area contributed by atoms with Crippen LogP contribution in [0.3, 0.4) is 0 Å². The summed E-state index contributed by atoms with van der Waals surface area (Å²) in [5, 5.41) is 24.5. The van der Waals surface area contributed by atoms with Gasteiger partial charge < -0.3 is 10.6 Å². The molecule has 28 heavy (non-hydrogen) atoms. The lowest BCUT2D eigenvalue weighted by Gasteiger charge is -2.12. The molecule has 0 aliphatic carbocycles. The predicted molar refractivity (Wildman–Crippen MR) is 109 cm³/mol. The summed E-state index contributed by atoms with van der Waals surface area (Å²) < 4.78 is 3.61. The molecule has 0 spiro atoms. The van der Waals surface area contributed by atoms with Crippen molar-refractivity contribution < 1.29 is 0 Å². The fraction of sp³-hybridized carbons (Fsp3) is 0.300. The molecule has 0 saturated carbocycles. The van der Waals surface area contributed by atoms with Crippen molar-refractivity contribution in [3.63, 3.8) is 0 Å². The third-order valence-corrected chi connectivity index (χ3v) is 4.47. The van der Waals surface area contributed by atoms with Gasteiger partial charge in [-0.05, 0) is 5.56 Å². The number of rotatable bonds is 7. The Kier molecular flexibility index (Phi) is 4.92. The number of fused-ring (bicyclic) bond motifs is 1. The van der Waals surface area contributed by atoms with Crippen LogP contribution in [0.5, 0.6) is 0 Å². The highest BCUT2D eigenvalue weighted by molar-refractivity contribution is 5.70. The number of benzene rings is 1. The van der Waals surface area contributed by atoms with Crippen LogP contribution in [0.2, 0.25) is 0 Å². The van der Waals surface area contributed by atoms with Crippen molar-refractivity contribution in [2.24, 2.45) is 7.05 Å². The van der Waals surface area contributed by atoms with Gasteiger partial charge in [-0.15, -0.1) is 15.3 Å². The lowest BCUT2D eigenvalue weighted by molar-refractivity contribution is 0.721. The molecule has 0 aliphatic heterocycles. The molecule has 0 bridgehead atoms. The van der Waals surface area contributed by atoms with Crippen LogP contribution >= 0.6 is 0 Å². The standard InChI is InChI=1S/C20H24N8/c1-14(2)19-24-25-20-17(21-10-15-7-5-4-6-8-15)9-18(26-28(19)20)22-11-16-12-23-27(3)13-16/h4-9,12-14,21H,10-11H2,1-3H3,(H,22,26). The molecule has 4 rings (SSSR count). The van der Waals surface area contributed by atoms with E-state index in [4.69, 9.17) is 5.10 Å². The fourth-order valence-electron chi connectivity index (χ4n) is 3.02. The Hall–Kier alpha value is -3.42. The Labute approximate surface area is 163 Å². The first kappa shape index (κ1) is 18.0. The van der Waals surface area contributed by atoms with Gasteiger partial charge in [0.25, 0.3) is 0 Å². The molecule has 8 nitrogen and oxygen atoms in total. The van der Waals surface area contributed by atoms with E-state index in [1.165, 1.54) is 5.56 Å². The highest BCUT2D eigenvalue weighted by atomic mass is 15.4. The monoisotopic (exact) mass is 376 g/mol. The third-order valence-electron chi connectivity index (χ3n) is 4.47. The molecule has 1 aromatic carbocycles. The number of aromatic nitrogens is 6. The SMILES string of the molecule is CC(C)c1nnc2c(NCc3ccccc3)cc(NCc3cnn(C)c3)nn12. The van der Waals surface area contributed by atoms with Crippen LogP contribution in [0.15, 0.2) is 48.8 Å². The van der Waals surface area contributed by atoms with Gasteiger partial charge in [0.05, 0.1) is 11.9 Å². The van der Waals surface area contributed by atoms with E-state index in [9.17, 15) is 0 Å². The molecular weight excluding hydrogens is 352 g/mol. The van der Waals surface area contributed by atoms with Gasteiger partial charge in [-0.1, -0.05) is 44.2 Å². The second kappa shape index (κ2) is 7.67. The molecule has 8 heteroatoms. The van der Waals surface area contributed by atoms with E-state index >= 15 is 0 Å². The van der Waals surface area contributed by atoms with Gasteiger partial charge in [0.1, 0.15) is 5.82 Å². The molecule has 0 aliphatic rings. The van der Waals surface area contributed by atoms with Gasteiger partial charge in [0.15, 0.2) is 5.82 Å². The van der Waals surface area contributed by atoms with Crippen LogP contribution in [0, 0.1) is 0 Å². The van der Waals surface area contributed by atoms with Crippen LogP contribution in [-0.4, -0.2) is 29.6 Å². The van der Waals surface area contributed by atoms with Gasteiger partial charge in [0.2, 0.25) is 5.65 Å². The van der Waals surface area contributed by atoms with Crippen LogP contribution < -0.4 is 10.6 Å². The average Bonchev–Trinajstić information content (AvgIpc) is 3.31. The summed E-state index contributed by atoms with van der Waals surface area (Å²) in [6.45, 7) is 5.52. The van der Waals surface area contributed by atoms with E-state index in [2.05, 4.69) is 51.9 Å². The molecule has 0 saturated heterocycles. The zero-order chi connectivity index (χ0) is 19.5. The van der Waals surface area contributed by atoms with Gasteiger partial charge in [-0.3, -0.25) is 4.68 Å². The van der Waals surface area contributed by atoms with Crippen molar-refractivity contribution in [3.8, 4) is 0 Å². The maximum absolute atomic E-state index is 4.71. The van der Waals surface area contributed by atoms with Crippen LogP contribution in [0.25, 0.3) is 5.65 Å². The van der Waals surface area contributed by atoms with Crippen LogP contribution in [0.4, 0.5) is 11.5 Å². The minimum absolute atomic E-state index is 0.220. The summed E-state index contributed by atoms with van der Waals surface area (Å²) in [5.41, 5.74) is 3.92. The van der Waals surface area contributed by atoms with Crippen molar-refractivity contribution in [1.82, 2.24) is 29.6 Å². The summed E-state index contributed by atoms with van der Waals surface area (Å²) >= 11 is 0. The first-order chi connectivity index (χ1) is 13.6. The topological polar surface area (TPSA) is 85.0 Å². The van der Waals surface area contributed by atoms with E-state index in [-0.39, 0.29) is 5.92 Å². The molecule has 0 atom stereocenters. The summed E-state index contributed by atoms with van der Waals surface area (Å²) in [5.74, 6) is 1.81. The lowest BCUT2D eigenvalue weighted by atomic mass is 10.2. The molecule has 144 valence electrons. The van der Waals surface area contributed by atoms with E-state index in [0.717, 1.165) is 28.5 Å². The molecular formula is C20H24N8. The largest absolute Gasteiger partial charge is 0.378 e. The minimum atomic E-state index is 0.220. The van der Waals surface area contributed by atoms with Gasteiger partial charge in [-0.25, -0.2) is 0 Å². The number of hydrogen-bond acceptors (Lipinski definition) is 6. The summed E-state index contributed by atoms with van der Waals surface area (Å²) in [7, 11) is 1.91. The number of nitrogens with zero attached hydrogens (tertiary/aromatic N) is 6. The van der Waals surface area contributed by atoms with Crippen molar-refractivity contribution >= 4 is 17.2 Å². The van der Waals surface area contributed by atoms with Crippen molar-refractivity contribution in [2.75, 3.05) is 10.6 Å². The number of nitrogens with one attached hydrogen (secondary N) is 2. The maximum atomic E-state index is 4.71. The zero-order valence-corrected chi connectivity index (χ0v) is 16.3. The van der Waals surface area contributed by atoms with E-state index in [1.807, 2.05) is 48.2 Å². The van der Waals surface area contributed by atoms with Crippen molar-refractivity contribution in [3.05, 3.63) is 65.7 Å². The normalized spacial score (nSPS) is 11.3. The summed E-state index contributed by atoms with van der Waals surface area (Å²) in [6, 6.07) is 12.3. The van der Waals surface area contributed by atoms with E-state index < -0.39 is 0 Å². The second-order valence-electron chi connectivity index (χ2n) is 7.11. The Morgan fingerprint density at radius 2 is 1.79 bits per heavy atom.